The van der Waals surface area contributed by atoms with Crippen molar-refractivity contribution in [3.63, 3.8) is 0 Å². The van der Waals surface area contributed by atoms with Gasteiger partial charge in [0.1, 0.15) is 5.75 Å². The second-order valence-corrected chi connectivity index (χ2v) is 6.52. The van der Waals surface area contributed by atoms with E-state index in [1.54, 1.807) is 13.2 Å². The highest BCUT2D eigenvalue weighted by Gasteiger charge is 2.30. The first-order chi connectivity index (χ1) is 13.4. The lowest BCUT2D eigenvalue weighted by molar-refractivity contribution is -0.137. The van der Waals surface area contributed by atoms with Crippen LogP contribution >= 0.6 is 0 Å². The van der Waals surface area contributed by atoms with E-state index in [-0.39, 0.29) is 18.7 Å². The molecule has 3 rings (SSSR count). The summed E-state index contributed by atoms with van der Waals surface area (Å²) in [7, 11) is 1.61. The number of carbonyl (C=O) groups is 1. The summed E-state index contributed by atoms with van der Waals surface area (Å²) < 4.78 is 43.4. The van der Waals surface area contributed by atoms with Gasteiger partial charge in [-0.3, -0.25) is 4.79 Å². The number of aromatic nitrogens is 1. The van der Waals surface area contributed by atoms with E-state index in [1.807, 2.05) is 24.4 Å². The van der Waals surface area contributed by atoms with Gasteiger partial charge >= 0.3 is 6.18 Å². The van der Waals surface area contributed by atoms with Crippen LogP contribution < -0.4 is 10.1 Å². The smallest absolute Gasteiger partial charge is 0.416 e. The molecule has 28 heavy (non-hydrogen) atoms. The van der Waals surface area contributed by atoms with Crippen LogP contribution in [-0.4, -0.2) is 24.5 Å². The van der Waals surface area contributed by atoms with E-state index in [4.69, 9.17) is 4.74 Å². The average Bonchev–Trinajstić information content (AvgIpc) is 3.08. The van der Waals surface area contributed by atoms with Crippen LogP contribution in [0.2, 0.25) is 0 Å². The number of hydrogen-bond acceptors (Lipinski definition) is 2. The molecule has 0 bridgehead atoms. The topological polar surface area (TPSA) is 54.1 Å². The van der Waals surface area contributed by atoms with E-state index in [1.165, 1.54) is 6.07 Å². The first kappa shape index (κ1) is 19.8. The summed E-state index contributed by atoms with van der Waals surface area (Å²) in [5, 5.41) is 3.89. The molecule has 148 valence electrons. The first-order valence-electron chi connectivity index (χ1n) is 8.93. The van der Waals surface area contributed by atoms with Crippen LogP contribution in [0.4, 0.5) is 13.2 Å². The number of benzene rings is 2. The molecule has 0 aliphatic heterocycles. The Kier molecular flexibility index (Phi) is 5.92. The van der Waals surface area contributed by atoms with Crippen molar-refractivity contribution in [1.29, 1.82) is 0 Å². The summed E-state index contributed by atoms with van der Waals surface area (Å²) in [5.41, 5.74) is 1.85. The van der Waals surface area contributed by atoms with Gasteiger partial charge in [-0.1, -0.05) is 18.2 Å². The molecule has 1 heterocycles. The van der Waals surface area contributed by atoms with E-state index < -0.39 is 11.7 Å². The zero-order valence-corrected chi connectivity index (χ0v) is 15.4. The molecule has 1 amide bonds. The first-order valence-corrected chi connectivity index (χ1v) is 8.93. The van der Waals surface area contributed by atoms with Gasteiger partial charge in [0.2, 0.25) is 5.91 Å². The van der Waals surface area contributed by atoms with Crippen molar-refractivity contribution in [2.45, 2.75) is 25.4 Å². The van der Waals surface area contributed by atoms with Crippen LogP contribution in [0, 0.1) is 0 Å². The molecule has 0 aliphatic rings. The highest BCUT2D eigenvalue weighted by molar-refractivity contribution is 5.84. The molecule has 7 heteroatoms. The minimum Gasteiger partial charge on any atom is -0.497 e. The van der Waals surface area contributed by atoms with Crippen molar-refractivity contribution in [3.8, 4) is 5.75 Å². The highest BCUT2D eigenvalue weighted by Crippen LogP contribution is 2.29. The molecule has 3 aromatic rings. The van der Waals surface area contributed by atoms with Gasteiger partial charge in [0.25, 0.3) is 0 Å². The lowest BCUT2D eigenvalue weighted by atomic mass is 10.1. The van der Waals surface area contributed by atoms with Gasteiger partial charge in [-0.05, 0) is 42.2 Å². The molecule has 2 N–H and O–H groups in total. The van der Waals surface area contributed by atoms with Gasteiger partial charge < -0.3 is 15.0 Å². The summed E-state index contributed by atoms with van der Waals surface area (Å²) in [6.45, 7) is 0.459. The van der Waals surface area contributed by atoms with Crippen LogP contribution in [0.5, 0.6) is 5.75 Å². The van der Waals surface area contributed by atoms with Crippen molar-refractivity contribution < 1.29 is 22.7 Å². The number of aryl methyl sites for hydroxylation is 1. The summed E-state index contributed by atoms with van der Waals surface area (Å²) in [6.07, 6.45) is -1.41. The quantitative estimate of drug-likeness (QED) is 0.625. The third kappa shape index (κ3) is 4.85. The summed E-state index contributed by atoms with van der Waals surface area (Å²) in [4.78, 5) is 15.2. The molecular weight excluding hydrogens is 369 g/mol. The van der Waals surface area contributed by atoms with Crippen LogP contribution in [0.15, 0.2) is 48.7 Å². The van der Waals surface area contributed by atoms with Crippen molar-refractivity contribution >= 4 is 16.8 Å². The Labute approximate surface area is 160 Å². The minimum atomic E-state index is -4.37. The van der Waals surface area contributed by atoms with Crippen molar-refractivity contribution in [2.75, 3.05) is 13.7 Å². The Hall–Kier alpha value is -2.96. The Morgan fingerprint density at radius 1 is 1.14 bits per heavy atom. The monoisotopic (exact) mass is 390 g/mol. The SMILES string of the molecule is COc1ccc2c(CCNC(=O)CCc3cccc(C(F)(F)F)c3)c[nH]c2c1. The third-order valence-corrected chi connectivity index (χ3v) is 4.59. The number of methoxy groups -OCH3 is 1. The summed E-state index contributed by atoms with van der Waals surface area (Å²) >= 11 is 0. The van der Waals surface area contributed by atoms with E-state index in [2.05, 4.69) is 10.3 Å². The number of amides is 1. The van der Waals surface area contributed by atoms with Crippen LogP contribution in [0.25, 0.3) is 10.9 Å². The molecule has 4 nitrogen and oxygen atoms in total. The van der Waals surface area contributed by atoms with Gasteiger partial charge in [0, 0.05) is 36.1 Å². The van der Waals surface area contributed by atoms with E-state index in [9.17, 15) is 18.0 Å². The van der Waals surface area contributed by atoms with Crippen LogP contribution in [0.1, 0.15) is 23.1 Å². The van der Waals surface area contributed by atoms with Gasteiger partial charge in [0.15, 0.2) is 0 Å². The van der Waals surface area contributed by atoms with Crippen molar-refractivity contribution in [1.82, 2.24) is 10.3 Å². The van der Waals surface area contributed by atoms with Gasteiger partial charge in [-0.15, -0.1) is 0 Å². The van der Waals surface area contributed by atoms with Crippen LogP contribution in [0.3, 0.4) is 0 Å². The normalized spacial score (nSPS) is 11.6. The molecule has 2 aromatic carbocycles. The molecule has 0 aliphatic carbocycles. The number of ether oxygens (including phenoxy) is 1. The number of alkyl halides is 3. The number of carbonyl (C=O) groups excluding carboxylic acids is 1. The molecule has 1 aromatic heterocycles. The maximum atomic E-state index is 12.7. The highest BCUT2D eigenvalue weighted by atomic mass is 19.4. The number of nitrogens with one attached hydrogen (secondary N) is 2. The Balaban J connectivity index is 1.49. The fourth-order valence-electron chi connectivity index (χ4n) is 3.09. The minimum absolute atomic E-state index is 0.145. The molecule has 0 saturated heterocycles. The lowest BCUT2D eigenvalue weighted by Crippen LogP contribution is -2.25. The fourth-order valence-corrected chi connectivity index (χ4v) is 3.09. The van der Waals surface area contributed by atoms with Crippen molar-refractivity contribution in [2.24, 2.45) is 0 Å². The van der Waals surface area contributed by atoms with Gasteiger partial charge in [0.05, 0.1) is 12.7 Å². The molecule has 0 atom stereocenters. The predicted molar refractivity (Wildman–Crippen MR) is 101 cm³/mol. The maximum Gasteiger partial charge on any atom is 0.416 e. The van der Waals surface area contributed by atoms with Crippen LogP contribution in [-0.2, 0) is 23.8 Å². The zero-order chi connectivity index (χ0) is 20.1. The Morgan fingerprint density at radius 3 is 2.71 bits per heavy atom. The number of rotatable bonds is 7. The second-order valence-electron chi connectivity index (χ2n) is 6.52. The van der Waals surface area contributed by atoms with E-state index in [0.717, 1.165) is 34.3 Å². The summed E-state index contributed by atoms with van der Waals surface area (Å²) in [5.74, 6) is 0.586. The number of hydrogen-bond donors (Lipinski definition) is 2. The second kappa shape index (κ2) is 8.37. The number of halogens is 3. The van der Waals surface area contributed by atoms with Crippen molar-refractivity contribution in [3.05, 3.63) is 65.4 Å². The Morgan fingerprint density at radius 2 is 1.96 bits per heavy atom. The van der Waals surface area contributed by atoms with Gasteiger partial charge in [-0.2, -0.15) is 13.2 Å². The average molecular weight is 390 g/mol. The summed E-state index contributed by atoms with van der Waals surface area (Å²) in [6, 6.07) is 10.8. The standard InChI is InChI=1S/C21H21F3N2O2/c1-28-17-6-7-18-15(13-26-19(18)12-17)9-10-25-20(27)8-5-14-3-2-4-16(11-14)21(22,23)24/h2-4,6-7,11-13,26H,5,8-10H2,1H3,(H,25,27). The van der Waals surface area contributed by atoms with E-state index >= 15 is 0 Å². The largest absolute Gasteiger partial charge is 0.497 e. The number of aromatic amines is 1. The maximum absolute atomic E-state index is 12.7. The lowest BCUT2D eigenvalue weighted by Gasteiger charge is -2.09. The molecular formula is C21H21F3N2O2. The Bertz CT molecular complexity index is 964. The molecule has 0 saturated carbocycles. The van der Waals surface area contributed by atoms with Gasteiger partial charge in [-0.25, -0.2) is 0 Å². The zero-order valence-electron chi connectivity index (χ0n) is 15.4. The number of fused-ring (bicyclic) bond motifs is 1. The predicted octanol–water partition coefficient (Wildman–Crippen LogP) is 4.49. The van der Waals surface area contributed by atoms with E-state index in [0.29, 0.717) is 18.5 Å². The third-order valence-electron chi connectivity index (χ3n) is 4.59. The molecule has 0 radical (unpaired) electrons. The molecule has 0 spiro atoms. The fraction of sp³-hybridized carbons (Fsp3) is 0.286. The molecule has 0 unspecified atom stereocenters. The number of H-pyrrole nitrogens is 1. The molecule has 0 fully saturated rings.